The lowest BCUT2D eigenvalue weighted by molar-refractivity contribution is -0.133. The van der Waals surface area contributed by atoms with Crippen LogP contribution in [0.2, 0.25) is 5.02 Å². The van der Waals surface area contributed by atoms with Gasteiger partial charge in [0.2, 0.25) is 5.91 Å². The molecule has 3 rings (SSSR count). The van der Waals surface area contributed by atoms with Gasteiger partial charge in [0.05, 0.1) is 0 Å². The van der Waals surface area contributed by atoms with Crippen LogP contribution in [-0.2, 0) is 4.79 Å². The number of halogens is 2. The molecule has 0 radical (unpaired) electrons. The summed E-state index contributed by atoms with van der Waals surface area (Å²) in [5.41, 5.74) is 1.51. The van der Waals surface area contributed by atoms with Crippen molar-refractivity contribution in [2.24, 2.45) is 0 Å². The van der Waals surface area contributed by atoms with Crippen LogP contribution in [0, 0.1) is 5.82 Å². The van der Waals surface area contributed by atoms with E-state index < -0.39 is 0 Å². The summed E-state index contributed by atoms with van der Waals surface area (Å²) in [7, 11) is 0. The summed E-state index contributed by atoms with van der Waals surface area (Å²) in [5.74, 6) is -0.270. The molecule has 142 valence electrons. The minimum atomic E-state index is -0.280. The SMILES string of the molecule is CC(CC(=O)N1CCN(C(=O)c2cccc(Cl)c2)CC1)c1ccc(F)cc1. The van der Waals surface area contributed by atoms with Crippen molar-refractivity contribution in [1.29, 1.82) is 0 Å². The molecule has 1 aliphatic heterocycles. The average molecular weight is 389 g/mol. The number of carbonyl (C=O) groups excluding carboxylic acids is 2. The van der Waals surface area contributed by atoms with E-state index in [9.17, 15) is 14.0 Å². The van der Waals surface area contributed by atoms with Crippen LogP contribution in [0.15, 0.2) is 48.5 Å². The molecule has 0 bridgehead atoms. The maximum atomic E-state index is 13.0. The standard InChI is InChI=1S/C21H22ClFN2O2/c1-15(16-5-7-19(23)8-6-16)13-20(26)24-9-11-25(12-10-24)21(27)17-3-2-4-18(22)14-17/h2-8,14-15H,9-13H2,1H3. The number of amides is 2. The van der Waals surface area contributed by atoms with Crippen LogP contribution in [0.1, 0.15) is 35.2 Å². The van der Waals surface area contributed by atoms with Crippen molar-refractivity contribution in [3.05, 3.63) is 70.5 Å². The third-order valence-corrected chi connectivity index (χ3v) is 5.15. The summed E-state index contributed by atoms with van der Waals surface area (Å²) in [4.78, 5) is 28.7. The molecule has 1 heterocycles. The van der Waals surface area contributed by atoms with E-state index in [1.807, 2.05) is 6.92 Å². The van der Waals surface area contributed by atoms with Crippen molar-refractivity contribution in [3.63, 3.8) is 0 Å². The van der Waals surface area contributed by atoms with E-state index in [0.29, 0.717) is 43.2 Å². The van der Waals surface area contributed by atoms with Crippen LogP contribution < -0.4 is 0 Å². The van der Waals surface area contributed by atoms with Crippen LogP contribution in [0.25, 0.3) is 0 Å². The average Bonchev–Trinajstić information content (AvgIpc) is 2.68. The molecule has 1 unspecified atom stereocenters. The molecular weight excluding hydrogens is 367 g/mol. The van der Waals surface area contributed by atoms with Crippen molar-refractivity contribution >= 4 is 23.4 Å². The minimum Gasteiger partial charge on any atom is -0.339 e. The first-order chi connectivity index (χ1) is 12.9. The Morgan fingerprint density at radius 1 is 1.04 bits per heavy atom. The van der Waals surface area contributed by atoms with Crippen LogP contribution in [-0.4, -0.2) is 47.8 Å². The highest BCUT2D eigenvalue weighted by molar-refractivity contribution is 6.30. The van der Waals surface area contributed by atoms with E-state index >= 15 is 0 Å². The second-order valence-corrected chi connectivity index (χ2v) is 7.28. The fourth-order valence-electron chi connectivity index (χ4n) is 3.26. The molecule has 1 fully saturated rings. The Kier molecular flexibility index (Phi) is 6.11. The first-order valence-electron chi connectivity index (χ1n) is 9.02. The Hall–Kier alpha value is -2.40. The number of piperazine rings is 1. The van der Waals surface area contributed by atoms with Gasteiger partial charge in [0.1, 0.15) is 5.82 Å². The van der Waals surface area contributed by atoms with Crippen LogP contribution >= 0.6 is 11.6 Å². The summed E-state index contributed by atoms with van der Waals surface area (Å²) in [6, 6.07) is 13.2. The lowest BCUT2D eigenvalue weighted by Crippen LogP contribution is -2.50. The Morgan fingerprint density at radius 2 is 1.67 bits per heavy atom. The van der Waals surface area contributed by atoms with Gasteiger partial charge in [0, 0.05) is 43.2 Å². The summed E-state index contributed by atoms with van der Waals surface area (Å²) < 4.78 is 13.0. The maximum Gasteiger partial charge on any atom is 0.254 e. The van der Waals surface area contributed by atoms with Gasteiger partial charge in [-0.3, -0.25) is 9.59 Å². The number of nitrogens with zero attached hydrogens (tertiary/aromatic N) is 2. The molecule has 0 aliphatic carbocycles. The first kappa shape index (κ1) is 19.4. The number of rotatable bonds is 4. The molecule has 0 aromatic heterocycles. The Bertz CT molecular complexity index is 817. The molecule has 6 heteroatoms. The van der Waals surface area contributed by atoms with Gasteiger partial charge in [0.15, 0.2) is 0 Å². The lowest BCUT2D eigenvalue weighted by atomic mass is 9.97. The molecule has 0 N–H and O–H groups in total. The molecule has 0 saturated carbocycles. The predicted molar refractivity (Wildman–Crippen MR) is 103 cm³/mol. The molecule has 2 amide bonds. The molecular formula is C21H22ClFN2O2. The number of benzene rings is 2. The molecule has 1 aliphatic rings. The molecule has 1 saturated heterocycles. The zero-order chi connectivity index (χ0) is 19.4. The molecule has 4 nitrogen and oxygen atoms in total. The quantitative estimate of drug-likeness (QED) is 0.795. The van der Waals surface area contributed by atoms with Gasteiger partial charge in [-0.2, -0.15) is 0 Å². The largest absolute Gasteiger partial charge is 0.339 e. The number of carbonyl (C=O) groups is 2. The Balaban J connectivity index is 1.53. The topological polar surface area (TPSA) is 40.6 Å². The monoisotopic (exact) mass is 388 g/mol. The Morgan fingerprint density at radius 3 is 2.30 bits per heavy atom. The molecule has 1 atom stereocenters. The van der Waals surface area contributed by atoms with E-state index in [4.69, 9.17) is 11.6 Å². The normalized spacial score (nSPS) is 15.5. The second kappa shape index (κ2) is 8.53. The van der Waals surface area contributed by atoms with Gasteiger partial charge in [-0.1, -0.05) is 36.7 Å². The van der Waals surface area contributed by atoms with Crippen LogP contribution in [0.5, 0.6) is 0 Å². The summed E-state index contributed by atoms with van der Waals surface area (Å²) >= 11 is 5.96. The molecule has 0 spiro atoms. The van der Waals surface area contributed by atoms with Gasteiger partial charge in [-0.25, -0.2) is 4.39 Å². The smallest absolute Gasteiger partial charge is 0.254 e. The van der Waals surface area contributed by atoms with E-state index in [0.717, 1.165) is 5.56 Å². The van der Waals surface area contributed by atoms with Gasteiger partial charge in [0.25, 0.3) is 5.91 Å². The van der Waals surface area contributed by atoms with E-state index in [1.54, 1.807) is 46.2 Å². The van der Waals surface area contributed by atoms with Gasteiger partial charge in [-0.15, -0.1) is 0 Å². The second-order valence-electron chi connectivity index (χ2n) is 6.84. The molecule has 2 aromatic carbocycles. The zero-order valence-electron chi connectivity index (χ0n) is 15.2. The minimum absolute atomic E-state index is 0.0178. The predicted octanol–water partition coefficient (Wildman–Crippen LogP) is 3.96. The van der Waals surface area contributed by atoms with Gasteiger partial charge >= 0.3 is 0 Å². The highest BCUT2D eigenvalue weighted by atomic mass is 35.5. The van der Waals surface area contributed by atoms with Crippen LogP contribution in [0.3, 0.4) is 0 Å². The summed E-state index contributed by atoms with van der Waals surface area (Å²) in [6.07, 6.45) is 0.369. The first-order valence-corrected chi connectivity index (χ1v) is 9.40. The van der Waals surface area contributed by atoms with Crippen molar-refractivity contribution in [1.82, 2.24) is 9.80 Å². The third-order valence-electron chi connectivity index (χ3n) is 4.91. The van der Waals surface area contributed by atoms with Gasteiger partial charge < -0.3 is 9.80 Å². The van der Waals surface area contributed by atoms with E-state index in [1.165, 1.54) is 12.1 Å². The third kappa shape index (κ3) is 4.86. The number of hydrogen-bond acceptors (Lipinski definition) is 2. The highest BCUT2D eigenvalue weighted by Crippen LogP contribution is 2.21. The van der Waals surface area contributed by atoms with E-state index in [-0.39, 0.29) is 23.5 Å². The van der Waals surface area contributed by atoms with Crippen molar-refractivity contribution < 1.29 is 14.0 Å². The highest BCUT2D eigenvalue weighted by Gasteiger charge is 2.25. The van der Waals surface area contributed by atoms with Gasteiger partial charge in [-0.05, 0) is 41.8 Å². The lowest BCUT2D eigenvalue weighted by Gasteiger charge is -2.35. The summed E-state index contributed by atoms with van der Waals surface area (Å²) in [6.45, 7) is 4.00. The van der Waals surface area contributed by atoms with Crippen LogP contribution in [0.4, 0.5) is 4.39 Å². The fraction of sp³-hybridized carbons (Fsp3) is 0.333. The van der Waals surface area contributed by atoms with E-state index in [2.05, 4.69) is 0 Å². The summed E-state index contributed by atoms with van der Waals surface area (Å²) in [5, 5.41) is 0.532. The zero-order valence-corrected chi connectivity index (χ0v) is 16.0. The number of hydrogen-bond donors (Lipinski definition) is 0. The maximum absolute atomic E-state index is 13.0. The molecule has 2 aromatic rings. The van der Waals surface area contributed by atoms with Crippen molar-refractivity contribution in [2.45, 2.75) is 19.3 Å². The Labute approximate surface area is 163 Å². The molecule has 27 heavy (non-hydrogen) atoms. The van der Waals surface area contributed by atoms with Crippen molar-refractivity contribution in [2.75, 3.05) is 26.2 Å². The fourth-order valence-corrected chi connectivity index (χ4v) is 3.45. The van der Waals surface area contributed by atoms with Crippen molar-refractivity contribution in [3.8, 4) is 0 Å².